The molecule has 1 rings (SSSR count). The molecule has 0 fully saturated rings. The molecule has 1 aromatic carbocycles. The standard InChI is InChI=1S/C18H27N3O2/c1-17(2,3)23-16(22)21-18(4,5)11-15(12-19)20-13-14-9-7-6-8-10-14/h6-10,15,20H,11,13H2,1-5H3,(H,21,22). The summed E-state index contributed by atoms with van der Waals surface area (Å²) in [6, 6.07) is 11.8. The average molecular weight is 317 g/mol. The minimum Gasteiger partial charge on any atom is -0.444 e. The Labute approximate surface area is 139 Å². The fourth-order valence-electron chi connectivity index (χ4n) is 2.14. The van der Waals surface area contributed by atoms with Gasteiger partial charge in [-0.3, -0.25) is 5.32 Å². The molecule has 0 heterocycles. The van der Waals surface area contributed by atoms with E-state index in [-0.39, 0.29) is 6.04 Å². The molecule has 23 heavy (non-hydrogen) atoms. The normalized spacial score (nSPS) is 13.0. The molecule has 0 aliphatic heterocycles. The van der Waals surface area contributed by atoms with Crippen molar-refractivity contribution in [3.63, 3.8) is 0 Å². The van der Waals surface area contributed by atoms with Gasteiger partial charge in [0.05, 0.1) is 12.1 Å². The Hall–Kier alpha value is -2.06. The van der Waals surface area contributed by atoms with Gasteiger partial charge in [-0.2, -0.15) is 5.26 Å². The molecule has 5 nitrogen and oxygen atoms in total. The van der Waals surface area contributed by atoms with Crippen molar-refractivity contribution < 1.29 is 9.53 Å². The Bertz CT molecular complexity index is 542. The molecule has 0 radical (unpaired) electrons. The summed E-state index contributed by atoms with van der Waals surface area (Å²) in [5.74, 6) is 0. The molecule has 0 aromatic heterocycles. The third-order valence-corrected chi connectivity index (χ3v) is 3.11. The molecule has 0 spiro atoms. The second-order valence-corrected chi connectivity index (χ2v) is 7.26. The first-order chi connectivity index (χ1) is 10.6. The molecule has 1 aromatic rings. The van der Waals surface area contributed by atoms with Gasteiger partial charge in [0, 0.05) is 12.1 Å². The van der Waals surface area contributed by atoms with Crippen molar-refractivity contribution in [3.8, 4) is 6.07 Å². The van der Waals surface area contributed by atoms with Crippen LogP contribution in [0.25, 0.3) is 0 Å². The SMILES string of the molecule is CC(C)(CC(C#N)NCc1ccccc1)NC(=O)OC(C)(C)C. The summed E-state index contributed by atoms with van der Waals surface area (Å²) in [4.78, 5) is 11.9. The molecule has 5 heteroatoms. The van der Waals surface area contributed by atoms with Gasteiger partial charge in [-0.15, -0.1) is 0 Å². The summed E-state index contributed by atoms with van der Waals surface area (Å²) >= 11 is 0. The van der Waals surface area contributed by atoms with Crippen LogP contribution < -0.4 is 10.6 Å². The van der Waals surface area contributed by atoms with E-state index in [4.69, 9.17) is 4.74 Å². The van der Waals surface area contributed by atoms with Crippen LogP contribution in [0, 0.1) is 11.3 Å². The molecule has 1 unspecified atom stereocenters. The van der Waals surface area contributed by atoms with E-state index in [0.29, 0.717) is 13.0 Å². The van der Waals surface area contributed by atoms with E-state index in [9.17, 15) is 10.1 Å². The van der Waals surface area contributed by atoms with Crippen LogP contribution in [0.5, 0.6) is 0 Å². The smallest absolute Gasteiger partial charge is 0.408 e. The minimum absolute atomic E-state index is 0.361. The highest BCUT2D eigenvalue weighted by molar-refractivity contribution is 5.68. The van der Waals surface area contributed by atoms with Crippen molar-refractivity contribution in [1.82, 2.24) is 10.6 Å². The molecule has 2 N–H and O–H groups in total. The van der Waals surface area contributed by atoms with Crippen LogP contribution >= 0.6 is 0 Å². The molecule has 0 saturated carbocycles. The number of alkyl carbamates (subject to hydrolysis) is 1. The maximum atomic E-state index is 11.9. The number of nitrogens with one attached hydrogen (secondary N) is 2. The lowest BCUT2D eigenvalue weighted by Gasteiger charge is -2.30. The summed E-state index contributed by atoms with van der Waals surface area (Å²) in [7, 11) is 0. The fourth-order valence-corrected chi connectivity index (χ4v) is 2.14. The van der Waals surface area contributed by atoms with Crippen molar-refractivity contribution in [1.29, 1.82) is 5.26 Å². The second kappa shape index (κ2) is 7.98. The predicted molar refractivity (Wildman–Crippen MR) is 90.7 cm³/mol. The first-order valence-electron chi connectivity index (χ1n) is 7.79. The number of carbonyl (C=O) groups is 1. The van der Waals surface area contributed by atoms with Crippen LogP contribution in [0.2, 0.25) is 0 Å². The highest BCUT2D eigenvalue weighted by Crippen LogP contribution is 2.14. The number of hydrogen-bond donors (Lipinski definition) is 2. The molecular weight excluding hydrogens is 290 g/mol. The lowest BCUT2D eigenvalue weighted by atomic mass is 9.95. The van der Waals surface area contributed by atoms with E-state index < -0.39 is 17.2 Å². The van der Waals surface area contributed by atoms with Crippen LogP contribution in [-0.4, -0.2) is 23.3 Å². The molecule has 1 atom stereocenters. The molecule has 0 saturated heterocycles. The lowest BCUT2D eigenvalue weighted by molar-refractivity contribution is 0.0465. The van der Waals surface area contributed by atoms with Gasteiger partial charge in [-0.25, -0.2) is 4.79 Å². The van der Waals surface area contributed by atoms with Crippen molar-refractivity contribution >= 4 is 6.09 Å². The number of hydrogen-bond acceptors (Lipinski definition) is 4. The van der Waals surface area contributed by atoms with E-state index in [2.05, 4.69) is 16.7 Å². The number of ether oxygens (including phenoxy) is 1. The van der Waals surface area contributed by atoms with Crippen molar-refractivity contribution in [3.05, 3.63) is 35.9 Å². The maximum Gasteiger partial charge on any atom is 0.408 e. The zero-order valence-electron chi connectivity index (χ0n) is 14.6. The fraction of sp³-hybridized carbons (Fsp3) is 0.556. The topological polar surface area (TPSA) is 74.2 Å². The summed E-state index contributed by atoms with van der Waals surface area (Å²) in [5.41, 5.74) is 0.0258. The second-order valence-electron chi connectivity index (χ2n) is 7.26. The number of benzene rings is 1. The van der Waals surface area contributed by atoms with E-state index in [1.807, 2.05) is 65.0 Å². The van der Waals surface area contributed by atoms with Crippen LogP contribution in [0.3, 0.4) is 0 Å². The molecule has 1 amide bonds. The third kappa shape index (κ3) is 8.22. The quantitative estimate of drug-likeness (QED) is 0.843. The minimum atomic E-state index is -0.549. The molecule has 0 bridgehead atoms. The van der Waals surface area contributed by atoms with Crippen molar-refractivity contribution in [2.75, 3.05) is 0 Å². The predicted octanol–water partition coefficient (Wildman–Crippen LogP) is 3.36. The van der Waals surface area contributed by atoms with Gasteiger partial charge in [-0.1, -0.05) is 30.3 Å². The largest absolute Gasteiger partial charge is 0.444 e. The Kier molecular flexibility index (Phi) is 6.59. The average Bonchev–Trinajstić information content (AvgIpc) is 2.41. The van der Waals surface area contributed by atoms with Gasteiger partial charge < -0.3 is 10.1 Å². The van der Waals surface area contributed by atoms with Gasteiger partial charge >= 0.3 is 6.09 Å². The Morgan fingerprint density at radius 1 is 1.22 bits per heavy atom. The van der Waals surface area contributed by atoms with Gasteiger partial charge in [0.2, 0.25) is 0 Å². The molecular formula is C18H27N3O2. The number of rotatable bonds is 6. The zero-order chi connectivity index (χ0) is 17.5. The Morgan fingerprint density at radius 2 is 1.83 bits per heavy atom. The van der Waals surface area contributed by atoms with Crippen molar-refractivity contribution in [2.45, 2.75) is 64.8 Å². The van der Waals surface area contributed by atoms with Gasteiger partial charge in [-0.05, 0) is 46.6 Å². The highest BCUT2D eigenvalue weighted by atomic mass is 16.6. The van der Waals surface area contributed by atoms with Gasteiger partial charge in [0.15, 0.2) is 0 Å². The number of carbonyl (C=O) groups excluding carboxylic acids is 1. The Morgan fingerprint density at radius 3 is 2.35 bits per heavy atom. The lowest BCUT2D eigenvalue weighted by Crippen LogP contribution is -2.49. The van der Waals surface area contributed by atoms with Crippen LogP contribution in [0.15, 0.2) is 30.3 Å². The van der Waals surface area contributed by atoms with E-state index >= 15 is 0 Å². The van der Waals surface area contributed by atoms with E-state index in [1.54, 1.807) is 0 Å². The van der Waals surface area contributed by atoms with Gasteiger partial charge in [0.1, 0.15) is 5.60 Å². The van der Waals surface area contributed by atoms with Crippen LogP contribution in [0.1, 0.15) is 46.6 Å². The van der Waals surface area contributed by atoms with Crippen molar-refractivity contribution in [2.24, 2.45) is 0 Å². The number of amides is 1. The summed E-state index contributed by atoms with van der Waals surface area (Å²) in [5, 5.41) is 15.4. The molecule has 0 aliphatic rings. The number of nitrogens with zero attached hydrogens (tertiary/aromatic N) is 1. The summed E-state index contributed by atoms with van der Waals surface area (Å²) < 4.78 is 5.26. The zero-order valence-corrected chi connectivity index (χ0v) is 14.6. The maximum absolute atomic E-state index is 11.9. The number of nitriles is 1. The summed E-state index contributed by atoms with van der Waals surface area (Å²) in [6.07, 6.45) is 0.0116. The summed E-state index contributed by atoms with van der Waals surface area (Å²) in [6.45, 7) is 9.83. The van der Waals surface area contributed by atoms with Gasteiger partial charge in [0.25, 0.3) is 0 Å². The first kappa shape index (κ1) is 19.0. The van der Waals surface area contributed by atoms with Crippen LogP contribution in [0.4, 0.5) is 4.79 Å². The molecule has 0 aliphatic carbocycles. The monoisotopic (exact) mass is 317 g/mol. The van der Waals surface area contributed by atoms with E-state index in [1.165, 1.54) is 0 Å². The van der Waals surface area contributed by atoms with Crippen LogP contribution in [-0.2, 0) is 11.3 Å². The van der Waals surface area contributed by atoms with E-state index in [0.717, 1.165) is 5.56 Å². The first-order valence-corrected chi connectivity index (χ1v) is 7.79. The third-order valence-electron chi connectivity index (χ3n) is 3.11. The highest BCUT2D eigenvalue weighted by Gasteiger charge is 2.27. The molecule has 126 valence electrons. The Balaban J connectivity index is 2.52.